The van der Waals surface area contributed by atoms with Crippen molar-refractivity contribution in [2.24, 2.45) is 17.8 Å². The number of amides is 1. The minimum atomic E-state index is -0.0163. The van der Waals surface area contributed by atoms with E-state index in [0.717, 1.165) is 17.8 Å². The fourth-order valence-electron chi connectivity index (χ4n) is 5.71. The van der Waals surface area contributed by atoms with Gasteiger partial charge >= 0.3 is 0 Å². The van der Waals surface area contributed by atoms with E-state index >= 15 is 0 Å². The van der Waals surface area contributed by atoms with E-state index in [-0.39, 0.29) is 11.4 Å². The summed E-state index contributed by atoms with van der Waals surface area (Å²) >= 11 is 12.2. The van der Waals surface area contributed by atoms with Gasteiger partial charge in [-0.1, -0.05) is 29.3 Å². The second-order valence-electron chi connectivity index (χ2n) is 8.15. The number of hydrogen-bond acceptors (Lipinski definition) is 2. The van der Waals surface area contributed by atoms with Gasteiger partial charge in [0.1, 0.15) is 0 Å². The monoisotopic (exact) mass is 366 g/mol. The van der Waals surface area contributed by atoms with Crippen LogP contribution in [-0.4, -0.2) is 29.9 Å². The van der Waals surface area contributed by atoms with E-state index in [9.17, 15) is 4.79 Å². The van der Waals surface area contributed by atoms with E-state index in [1.54, 1.807) is 18.2 Å². The van der Waals surface area contributed by atoms with Crippen LogP contribution in [0.2, 0.25) is 10.0 Å². The SMILES string of the molecule is CN(CC(=O)Nc1cccc(Cl)c1Cl)C12CC3CC(CC(C3)C1)C2. The molecule has 3 nitrogen and oxygen atoms in total. The van der Waals surface area contributed by atoms with Crippen molar-refractivity contribution in [3.8, 4) is 0 Å². The van der Waals surface area contributed by atoms with Crippen LogP contribution in [0.3, 0.4) is 0 Å². The zero-order valence-electron chi connectivity index (χ0n) is 14.0. The summed E-state index contributed by atoms with van der Waals surface area (Å²) in [7, 11) is 2.12. The van der Waals surface area contributed by atoms with Crippen LogP contribution in [0.1, 0.15) is 38.5 Å². The van der Waals surface area contributed by atoms with Crippen LogP contribution in [0, 0.1) is 17.8 Å². The molecule has 1 aromatic carbocycles. The Bertz CT molecular complexity index is 625. The Morgan fingerprint density at radius 1 is 1.17 bits per heavy atom. The van der Waals surface area contributed by atoms with Gasteiger partial charge in [-0.2, -0.15) is 0 Å². The molecule has 0 spiro atoms. The highest BCUT2D eigenvalue weighted by Gasteiger charge is 2.52. The maximum Gasteiger partial charge on any atom is 0.238 e. The van der Waals surface area contributed by atoms with Crippen molar-refractivity contribution in [1.29, 1.82) is 0 Å². The Balaban J connectivity index is 1.43. The van der Waals surface area contributed by atoms with Gasteiger partial charge in [0.05, 0.1) is 22.3 Å². The number of hydrogen-bond donors (Lipinski definition) is 1. The fourth-order valence-corrected chi connectivity index (χ4v) is 6.05. The van der Waals surface area contributed by atoms with Crippen molar-refractivity contribution in [3.63, 3.8) is 0 Å². The Morgan fingerprint density at radius 2 is 1.75 bits per heavy atom. The molecule has 24 heavy (non-hydrogen) atoms. The van der Waals surface area contributed by atoms with Gasteiger partial charge in [0.15, 0.2) is 0 Å². The summed E-state index contributed by atoms with van der Waals surface area (Å²) in [4.78, 5) is 14.8. The van der Waals surface area contributed by atoms with Crippen LogP contribution in [0.4, 0.5) is 5.69 Å². The molecule has 4 bridgehead atoms. The lowest BCUT2D eigenvalue weighted by atomic mass is 9.52. The molecule has 4 fully saturated rings. The van der Waals surface area contributed by atoms with Gasteiger partial charge in [0.2, 0.25) is 5.91 Å². The third kappa shape index (κ3) is 2.95. The van der Waals surface area contributed by atoms with Gasteiger partial charge in [-0.05, 0) is 75.5 Å². The van der Waals surface area contributed by atoms with Crippen molar-refractivity contribution >= 4 is 34.8 Å². The second kappa shape index (κ2) is 6.19. The second-order valence-corrected chi connectivity index (χ2v) is 8.93. The van der Waals surface area contributed by atoms with Crippen LogP contribution < -0.4 is 5.32 Å². The largest absolute Gasteiger partial charge is 0.324 e. The molecule has 0 unspecified atom stereocenters. The lowest BCUT2D eigenvalue weighted by Gasteiger charge is -2.59. The van der Waals surface area contributed by atoms with Crippen molar-refractivity contribution in [1.82, 2.24) is 4.90 Å². The first-order valence-electron chi connectivity index (χ1n) is 8.90. The summed E-state index contributed by atoms with van der Waals surface area (Å²) < 4.78 is 0. The van der Waals surface area contributed by atoms with Gasteiger partial charge in [-0.15, -0.1) is 0 Å². The predicted octanol–water partition coefficient (Wildman–Crippen LogP) is 4.83. The molecule has 5 heteroatoms. The van der Waals surface area contributed by atoms with E-state index < -0.39 is 0 Å². The first-order valence-corrected chi connectivity index (χ1v) is 9.66. The molecule has 1 N–H and O–H groups in total. The number of carbonyl (C=O) groups excluding carboxylic acids is 1. The topological polar surface area (TPSA) is 32.3 Å². The zero-order chi connectivity index (χ0) is 16.9. The standard InChI is InChI=1S/C19H24Cl2N2O/c1-23(11-17(24)22-16-4-2-3-15(20)18(16)21)19-8-12-5-13(9-19)7-14(6-12)10-19/h2-4,12-14H,5-11H2,1H3,(H,22,24). The smallest absolute Gasteiger partial charge is 0.238 e. The molecule has 0 aliphatic heterocycles. The average Bonchev–Trinajstić information content (AvgIpc) is 2.50. The van der Waals surface area contributed by atoms with E-state index in [2.05, 4.69) is 17.3 Å². The third-order valence-electron chi connectivity index (χ3n) is 6.42. The predicted molar refractivity (Wildman–Crippen MR) is 98.6 cm³/mol. The van der Waals surface area contributed by atoms with Crippen molar-refractivity contribution < 1.29 is 4.79 Å². The summed E-state index contributed by atoms with van der Waals surface area (Å²) in [5.41, 5.74) is 0.831. The highest BCUT2D eigenvalue weighted by atomic mass is 35.5. The Labute approximate surface area is 153 Å². The molecule has 0 saturated heterocycles. The van der Waals surface area contributed by atoms with Gasteiger partial charge < -0.3 is 5.32 Å². The zero-order valence-corrected chi connectivity index (χ0v) is 15.5. The first-order chi connectivity index (χ1) is 11.4. The molecule has 0 aromatic heterocycles. The Hall–Kier alpha value is -0.770. The number of nitrogens with zero attached hydrogens (tertiary/aromatic N) is 1. The minimum Gasteiger partial charge on any atom is -0.324 e. The van der Waals surface area contributed by atoms with E-state index in [1.807, 2.05) is 0 Å². The van der Waals surface area contributed by atoms with Crippen LogP contribution in [0.5, 0.6) is 0 Å². The molecule has 5 rings (SSSR count). The first kappa shape index (κ1) is 16.7. The molecule has 0 radical (unpaired) electrons. The van der Waals surface area contributed by atoms with E-state index in [1.165, 1.54) is 38.5 Å². The maximum atomic E-state index is 12.5. The van der Waals surface area contributed by atoms with Gasteiger partial charge in [0, 0.05) is 5.54 Å². The van der Waals surface area contributed by atoms with Crippen LogP contribution in [-0.2, 0) is 4.79 Å². The quantitative estimate of drug-likeness (QED) is 0.827. The highest BCUT2D eigenvalue weighted by Crippen LogP contribution is 2.57. The molecule has 0 heterocycles. The maximum absolute atomic E-state index is 12.5. The molecule has 1 aromatic rings. The average molecular weight is 367 g/mol. The highest BCUT2D eigenvalue weighted by molar-refractivity contribution is 6.43. The summed E-state index contributed by atoms with van der Waals surface area (Å²) in [5.74, 6) is 2.62. The molecule has 130 valence electrons. The lowest BCUT2D eigenvalue weighted by Crippen LogP contribution is -2.59. The summed E-state index contributed by atoms with van der Waals surface area (Å²) in [6.07, 6.45) is 8.04. The molecule has 4 saturated carbocycles. The molecular weight excluding hydrogens is 343 g/mol. The molecule has 4 aliphatic rings. The van der Waals surface area contributed by atoms with Crippen molar-refractivity contribution in [3.05, 3.63) is 28.2 Å². The van der Waals surface area contributed by atoms with Crippen molar-refractivity contribution in [2.45, 2.75) is 44.1 Å². The number of likely N-dealkylation sites (N-methyl/N-ethyl adjacent to an activating group) is 1. The number of halogens is 2. The normalized spacial score (nSPS) is 33.9. The molecule has 1 amide bonds. The summed E-state index contributed by atoms with van der Waals surface area (Å²) in [5, 5.41) is 3.79. The number of rotatable bonds is 4. The molecule has 4 aliphatic carbocycles. The Morgan fingerprint density at radius 3 is 2.33 bits per heavy atom. The number of benzene rings is 1. The Kier molecular flexibility index (Phi) is 4.30. The number of anilines is 1. The van der Waals surface area contributed by atoms with Crippen LogP contribution >= 0.6 is 23.2 Å². The van der Waals surface area contributed by atoms with E-state index in [4.69, 9.17) is 23.2 Å². The summed E-state index contributed by atoms with van der Waals surface area (Å²) in [6, 6.07) is 5.31. The molecular formula is C19H24Cl2N2O. The van der Waals surface area contributed by atoms with Gasteiger partial charge in [-0.25, -0.2) is 0 Å². The molecule has 0 atom stereocenters. The fraction of sp³-hybridized carbons (Fsp3) is 0.632. The minimum absolute atomic E-state index is 0.0163. The van der Waals surface area contributed by atoms with Gasteiger partial charge in [-0.3, -0.25) is 9.69 Å². The third-order valence-corrected chi connectivity index (χ3v) is 7.24. The number of nitrogens with one attached hydrogen (secondary N) is 1. The van der Waals surface area contributed by atoms with E-state index in [0.29, 0.717) is 22.3 Å². The van der Waals surface area contributed by atoms with Crippen LogP contribution in [0.15, 0.2) is 18.2 Å². The number of carbonyl (C=O) groups is 1. The van der Waals surface area contributed by atoms with Gasteiger partial charge in [0.25, 0.3) is 0 Å². The van der Waals surface area contributed by atoms with Crippen LogP contribution in [0.25, 0.3) is 0 Å². The van der Waals surface area contributed by atoms with Crippen molar-refractivity contribution in [2.75, 3.05) is 18.9 Å². The lowest BCUT2D eigenvalue weighted by molar-refractivity contribution is -0.123. The summed E-state index contributed by atoms with van der Waals surface area (Å²) in [6.45, 7) is 0.412.